The number of hydrogen-bond acceptors (Lipinski definition) is 6. The van der Waals surface area contributed by atoms with Gasteiger partial charge in [0.15, 0.2) is 11.5 Å². The SMILES string of the molecule is COc1ccc(C2Oc3ccccc3C3CC(c4ccc5c(c4)OCO5)=NN32)cc1Br. The fourth-order valence-electron chi connectivity index (χ4n) is 4.34. The van der Waals surface area contributed by atoms with Crippen molar-refractivity contribution in [1.29, 1.82) is 0 Å². The third-order valence-electron chi connectivity index (χ3n) is 5.87. The summed E-state index contributed by atoms with van der Waals surface area (Å²) in [7, 11) is 1.66. The van der Waals surface area contributed by atoms with Gasteiger partial charge in [0.05, 0.1) is 23.3 Å². The summed E-state index contributed by atoms with van der Waals surface area (Å²) in [6.07, 6.45) is 0.446. The molecule has 6 nitrogen and oxygen atoms in total. The Morgan fingerprint density at radius 3 is 2.74 bits per heavy atom. The first-order chi connectivity index (χ1) is 15.2. The number of halogens is 1. The first-order valence-corrected chi connectivity index (χ1v) is 10.9. The van der Waals surface area contributed by atoms with Gasteiger partial charge >= 0.3 is 0 Å². The van der Waals surface area contributed by atoms with Crippen LogP contribution in [0.25, 0.3) is 0 Å². The highest BCUT2D eigenvalue weighted by Gasteiger charge is 2.41. The van der Waals surface area contributed by atoms with Gasteiger partial charge in [0, 0.05) is 23.1 Å². The summed E-state index contributed by atoms with van der Waals surface area (Å²) in [5, 5.41) is 7.08. The van der Waals surface area contributed by atoms with Gasteiger partial charge in [-0.3, -0.25) is 0 Å². The van der Waals surface area contributed by atoms with Gasteiger partial charge in [0.2, 0.25) is 13.0 Å². The van der Waals surface area contributed by atoms with E-state index < -0.39 is 0 Å². The van der Waals surface area contributed by atoms with Crippen molar-refractivity contribution in [2.24, 2.45) is 5.10 Å². The molecule has 0 saturated carbocycles. The van der Waals surface area contributed by atoms with Crippen LogP contribution < -0.4 is 18.9 Å². The van der Waals surface area contributed by atoms with Gasteiger partial charge in [-0.15, -0.1) is 0 Å². The Morgan fingerprint density at radius 1 is 1.00 bits per heavy atom. The molecule has 0 N–H and O–H groups in total. The smallest absolute Gasteiger partial charge is 0.231 e. The van der Waals surface area contributed by atoms with Crippen LogP contribution >= 0.6 is 15.9 Å². The van der Waals surface area contributed by atoms with E-state index in [1.165, 1.54) is 0 Å². The zero-order valence-corrected chi connectivity index (χ0v) is 18.3. The molecule has 2 unspecified atom stereocenters. The minimum absolute atomic E-state index is 0.0938. The molecule has 156 valence electrons. The van der Waals surface area contributed by atoms with E-state index in [4.69, 9.17) is 24.0 Å². The van der Waals surface area contributed by atoms with Gasteiger partial charge in [-0.2, -0.15) is 5.10 Å². The molecule has 0 bridgehead atoms. The summed E-state index contributed by atoms with van der Waals surface area (Å²) < 4.78 is 23.7. The van der Waals surface area contributed by atoms with Crippen LogP contribution in [0.5, 0.6) is 23.0 Å². The zero-order chi connectivity index (χ0) is 20.9. The topological polar surface area (TPSA) is 52.5 Å². The molecule has 0 radical (unpaired) electrons. The number of ether oxygens (including phenoxy) is 4. The van der Waals surface area contributed by atoms with Crippen LogP contribution in [0.4, 0.5) is 0 Å². The van der Waals surface area contributed by atoms with Crippen LogP contribution in [0.2, 0.25) is 0 Å². The lowest BCUT2D eigenvalue weighted by Gasteiger charge is -2.38. The molecule has 0 spiro atoms. The molecule has 0 fully saturated rings. The van der Waals surface area contributed by atoms with Crippen molar-refractivity contribution in [1.82, 2.24) is 5.01 Å². The van der Waals surface area contributed by atoms with Crippen LogP contribution in [0.15, 0.2) is 70.2 Å². The summed E-state index contributed by atoms with van der Waals surface area (Å²) >= 11 is 3.59. The molecule has 0 saturated heterocycles. The highest BCUT2D eigenvalue weighted by atomic mass is 79.9. The maximum Gasteiger partial charge on any atom is 0.231 e. The van der Waals surface area contributed by atoms with E-state index in [1.54, 1.807) is 7.11 Å². The van der Waals surface area contributed by atoms with Crippen molar-refractivity contribution in [2.45, 2.75) is 18.7 Å². The lowest BCUT2D eigenvalue weighted by molar-refractivity contribution is -0.0190. The number of methoxy groups -OCH3 is 1. The average Bonchev–Trinajstić information content (AvgIpc) is 3.45. The Morgan fingerprint density at radius 2 is 1.87 bits per heavy atom. The molecule has 7 heteroatoms. The summed E-state index contributed by atoms with van der Waals surface area (Å²) in [6, 6.07) is 20.3. The fourth-order valence-corrected chi connectivity index (χ4v) is 4.90. The first kappa shape index (κ1) is 18.6. The van der Waals surface area contributed by atoms with Crippen LogP contribution in [0.3, 0.4) is 0 Å². The Labute approximate surface area is 188 Å². The molecule has 3 heterocycles. The summed E-state index contributed by atoms with van der Waals surface area (Å²) in [5.41, 5.74) is 4.18. The van der Waals surface area contributed by atoms with Crippen molar-refractivity contribution >= 4 is 21.6 Å². The lowest BCUT2D eigenvalue weighted by atomic mass is 9.96. The molecule has 3 aromatic carbocycles. The predicted octanol–water partition coefficient (Wildman–Crippen LogP) is 5.43. The normalized spacial score (nSPS) is 20.6. The second kappa shape index (κ2) is 7.20. The zero-order valence-electron chi connectivity index (χ0n) is 16.7. The second-order valence-electron chi connectivity index (χ2n) is 7.62. The maximum atomic E-state index is 6.43. The molecule has 6 rings (SSSR count). The standard InChI is InChI=1S/C24H19BrN2O4/c1-28-21-8-7-15(10-17(21)25)24-27-19(16-4-2-3-5-20(16)31-24)12-18(26-27)14-6-9-22-23(11-14)30-13-29-22/h2-11,19,24H,12-13H2,1H3. The van der Waals surface area contributed by atoms with Gasteiger partial charge in [0.1, 0.15) is 11.5 Å². The third-order valence-corrected chi connectivity index (χ3v) is 6.49. The molecule has 2 atom stereocenters. The monoisotopic (exact) mass is 478 g/mol. The number of para-hydroxylation sites is 1. The molecule has 3 aromatic rings. The van der Waals surface area contributed by atoms with Gasteiger partial charge < -0.3 is 18.9 Å². The number of nitrogens with zero attached hydrogens (tertiary/aromatic N) is 2. The Bertz CT molecular complexity index is 1210. The number of rotatable bonds is 3. The molecule has 3 aliphatic heterocycles. The molecule has 0 aromatic heterocycles. The minimum Gasteiger partial charge on any atom is -0.496 e. The molecule has 3 aliphatic rings. The van der Waals surface area contributed by atoms with Gasteiger partial charge in [0.25, 0.3) is 0 Å². The average molecular weight is 479 g/mol. The predicted molar refractivity (Wildman–Crippen MR) is 119 cm³/mol. The van der Waals surface area contributed by atoms with E-state index in [0.717, 1.165) is 56.3 Å². The van der Waals surface area contributed by atoms with Crippen LogP contribution in [-0.2, 0) is 0 Å². The molecule has 0 amide bonds. The first-order valence-electron chi connectivity index (χ1n) is 10.1. The number of fused-ring (bicyclic) bond motifs is 4. The van der Waals surface area contributed by atoms with E-state index in [2.05, 4.69) is 27.0 Å². The lowest BCUT2D eigenvalue weighted by Crippen LogP contribution is -2.33. The number of benzene rings is 3. The van der Waals surface area contributed by atoms with E-state index in [9.17, 15) is 0 Å². The minimum atomic E-state index is -0.339. The number of hydrazone groups is 1. The van der Waals surface area contributed by atoms with Crippen LogP contribution in [0, 0.1) is 0 Å². The summed E-state index contributed by atoms with van der Waals surface area (Å²) in [4.78, 5) is 0. The maximum absolute atomic E-state index is 6.43. The highest BCUT2D eigenvalue weighted by Crippen LogP contribution is 2.48. The quantitative estimate of drug-likeness (QED) is 0.502. The largest absolute Gasteiger partial charge is 0.496 e. The van der Waals surface area contributed by atoms with E-state index in [1.807, 2.05) is 54.6 Å². The molecule has 0 aliphatic carbocycles. The summed E-state index contributed by atoms with van der Waals surface area (Å²) in [6.45, 7) is 0.260. The Hall–Kier alpha value is -3.19. The van der Waals surface area contributed by atoms with E-state index in [0.29, 0.717) is 0 Å². The van der Waals surface area contributed by atoms with Crippen molar-refractivity contribution in [3.63, 3.8) is 0 Å². The van der Waals surface area contributed by atoms with Gasteiger partial charge in [-0.25, -0.2) is 5.01 Å². The second-order valence-corrected chi connectivity index (χ2v) is 8.47. The van der Waals surface area contributed by atoms with Gasteiger partial charge in [-0.1, -0.05) is 18.2 Å². The summed E-state index contributed by atoms with van der Waals surface area (Å²) in [5.74, 6) is 3.21. The molecule has 31 heavy (non-hydrogen) atoms. The van der Waals surface area contributed by atoms with E-state index in [-0.39, 0.29) is 19.1 Å². The highest BCUT2D eigenvalue weighted by molar-refractivity contribution is 9.10. The Kier molecular flexibility index (Phi) is 4.31. The van der Waals surface area contributed by atoms with E-state index >= 15 is 0 Å². The Balaban J connectivity index is 1.42. The molecular weight excluding hydrogens is 460 g/mol. The van der Waals surface area contributed by atoms with Crippen molar-refractivity contribution < 1.29 is 18.9 Å². The van der Waals surface area contributed by atoms with Crippen molar-refractivity contribution in [2.75, 3.05) is 13.9 Å². The van der Waals surface area contributed by atoms with Gasteiger partial charge in [-0.05, 0) is 58.4 Å². The molecular formula is C24H19BrN2O4. The van der Waals surface area contributed by atoms with Crippen LogP contribution in [-0.4, -0.2) is 24.6 Å². The third kappa shape index (κ3) is 3.03. The van der Waals surface area contributed by atoms with Crippen LogP contribution in [0.1, 0.15) is 35.4 Å². The number of hydrogen-bond donors (Lipinski definition) is 0. The van der Waals surface area contributed by atoms with Crippen molar-refractivity contribution in [3.8, 4) is 23.0 Å². The fraction of sp³-hybridized carbons (Fsp3) is 0.208. The van der Waals surface area contributed by atoms with Crippen molar-refractivity contribution in [3.05, 3.63) is 81.8 Å².